The van der Waals surface area contributed by atoms with Crippen LogP contribution in [0.4, 0.5) is 0 Å². The Kier molecular flexibility index (Phi) is 3.98. The molecule has 0 saturated heterocycles. The first kappa shape index (κ1) is 15.0. The van der Waals surface area contributed by atoms with Gasteiger partial charge in [-0.15, -0.1) is 0 Å². The molecule has 4 rings (SSSR count). The largest absolute Gasteiger partial charge is 0.436 e. The molecular weight excluding hydrogens is 290 g/mol. The average Bonchev–Trinajstić information content (AvgIpc) is 2.99. The molecule has 0 aliphatic rings. The maximum absolute atomic E-state index is 12.2. The lowest BCUT2D eigenvalue weighted by Crippen LogP contribution is -2.02. The third kappa shape index (κ3) is 2.75. The lowest BCUT2D eigenvalue weighted by atomic mass is 10.1. The van der Waals surface area contributed by atoms with Gasteiger partial charge in [0.05, 0.1) is 0 Å². The van der Waals surface area contributed by atoms with E-state index in [2.05, 4.69) is 4.98 Å². The van der Waals surface area contributed by atoms with Crippen molar-refractivity contribution in [3.05, 3.63) is 64.5 Å². The van der Waals surface area contributed by atoms with E-state index in [1.807, 2.05) is 63.2 Å². The van der Waals surface area contributed by atoms with Gasteiger partial charge in [-0.2, -0.15) is 0 Å². The number of aromatic nitrogens is 1. The molecule has 0 fully saturated rings. The van der Waals surface area contributed by atoms with Gasteiger partial charge in [-0.3, -0.25) is 0 Å². The number of fused-ring (bicyclic) bond motifs is 2. The number of aryl methyl sites for hydroxylation is 1. The van der Waals surface area contributed by atoms with Crippen molar-refractivity contribution in [1.29, 1.82) is 0 Å². The summed E-state index contributed by atoms with van der Waals surface area (Å²) in [5.74, 6) is 0.285. The fourth-order valence-corrected chi connectivity index (χ4v) is 2.35. The molecule has 2 aromatic carbocycles. The number of rotatable bonds is 1. The molecule has 0 N–H and O–H groups in total. The van der Waals surface area contributed by atoms with E-state index in [1.165, 1.54) is 0 Å². The van der Waals surface area contributed by atoms with Gasteiger partial charge in [-0.1, -0.05) is 38.1 Å². The second kappa shape index (κ2) is 6.08. The fourth-order valence-electron chi connectivity index (χ4n) is 2.35. The normalized spacial score (nSPS) is 10.6. The van der Waals surface area contributed by atoms with Crippen LogP contribution in [-0.2, 0) is 0 Å². The van der Waals surface area contributed by atoms with Gasteiger partial charge in [0, 0.05) is 5.39 Å². The van der Waals surface area contributed by atoms with E-state index in [9.17, 15) is 4.79 Å². The third-order valence-electron chi connectivity index (χ3n) is 3.42. The van der Waals surface area contributed by atoms with Gasteiger partial charge in [-0.05, 0) is 36.8 Å². The molecule has 2 heterocycles. The van der Waals surface area contributed by atoms with Crippen molar-refractivity contribution in [2.75, 3.05) is 0 Å². The maximum Gasteiger partial charge on any atom is 0.349 e. The Hall–Kier alpha value is -2.88. The smallest absolute Gasteiger partial charge is 0.349 e. The summed E-state index contributed by atoms with van der Waals surface area (Å²) in [5.41, 5.74) is 2.87. The van der Waals surface area contributed by atoms with Gasteiger partial charge in [0.2, 0.25) is 5.89 Å². The average molecular weight is 307 g/mol. The highest BCUT2D eigenvalue weighted by atomic mass is 16.4. The molecule has 0 bridgehead atoms. The number of nitrogens with zero attached hydrogens (tertiary/aromatic N) is 1. The standard InChI is InChI=1S/C17H11NO3.C2H6/c1-10-6-7-11-9-12(17(19)21-15(11)8-10)16-18-13-4-2-3-5-14(13)20-16;1-2/h2-9H,1H3;1-2H3. The van der Waals surface area contributed by atoms with Crippen molar-refractivity contribution < 1.29 is 8.83 Å². The molecule has 0 radical (unpaired) electrons. The van der Waals surface area contributed by atoms with Crippen LogP contribution < -0.4 is 5.63 Å². The molecule has 0 unspecified atom stereocenters. The minimum Gasteiger partial charge on any atom is -0.436 e. The fraction of sp³-hybridized carbons (Fsp3) is 0.158. The van der Waals surface area contributed by atoms with Gasteiger partial charge >= 0.3 is 5.63 Å². The molecule has 23 heavy (non-hydrogen) atoms. The summed E-state index contributed by atoms with van der Waals surface area (Å²) in [5, 5.41) is 0.845. The zero-order chi connectivity index (χ0) is 16.4. The number of hydrogen-bond acceptors (Lipinski definition) is 4. The van der Waals surface area contributed by atoms with Crippen molar-refractivity contribution in [3.8, 4) is 11.5 Å². The second-order valence-electron chi connectivity index (χ2n) is 4.98. The van der Waals surface area contributed by atoms with Crippen LogP contribution in [-0.4, -0.2) is 4.98 Å². The van der Waals surface area contributed by atoms with Crippen LogP contribution in [0.2, 0.25) is 0 Å². The first-order chi connectivity index (χ1) is 11.2. The first-order valence-corrected chi connectivity index (χ1v) is 7.61. The van der Waals surface area contributed by atoms with Crippen molar-refractivity contribution in [3.63, 3.8) is 0 Å². The number of benzene rings is 2. The van der Waals surface area contributed by atoms with Crippen molar-refractivity contribution >= 4 is 22.1 Å². The minimum absolute atomic E-state index is 0.285. The SMILES string of the molecule is CC.Cc1ccc2cc(-c3nc4ccccc4o3)c(=O)oc2c1. The monoisotopic (exact) mass is 307 g/mol. The van der Waals surface area contributed by atoms with E-state index in [1.54, 1.807) is 6.07 Å². The Balaban J connectivity index is 0.000000753. The minimum atomic E-state index is -0.445. The van der Waals surface area contributed by atoms with Crippen LogP contribution in [0.25, 0.3) is 33.5 Å². The maximum atomic E-state index is 12.2. The molecule has 4 aromatic rings. The van der Waals surface area contributed by atoms with E-state index >= 15 is 0 Å². The molecular formula is C19H17NO3. The van der Waals surface area contributed by atoms with E-state index in [0.717, 1.165) is 16.5 Å². The van der Waals surface area contributed by atoms with Crippen LogP contribution in [0.5, 0.6) is 0 Å². The van der Waals surface area contributed by atoms with E-state index in [-0.39, 0.29) is 5.89 Å². The number of oxazole rings is 1. The van der Waals surface area contributed by atoms with Crippen molar-refractivity contribution in [1.82, 2.24) is 4.98 Å². The van der Waals surface area contributed by atoms with E-state index in [0.29, 0.717) is 16.7 Å². The van der Waals surface area contributed by atoms with Gasteiger partial charge in [0.1, 0.15) is 16.7 Å². The molecule has 4 heteroatoms. The molecule has 0 atom stereocenters. The lowest BCUT2D eigenvalue weighted by molar-refractivity contribution is 0.553. The van der Waals surface area contributed by atoms with Crippen LogP contribution in [0.1, 0.15) is 19.4 Å². The Morgan fingerprint density at radius 1 is 0.913 bits per heavy atom. The molecule has 116 valence electrons. The number of hydrogen-bond donors (Lipinski definition) is 0. The predicted molar refractivity (Wildman–Crippen MR) is 91.6 cm³/mol. The second-order valence-corrected chi connectivity index (χ2v) is 4.98. The Labute approximate surface area is 133 Å². The third-order valence-corrected chi connectivity index (χ3v) is 3.42. The van der Waals surface area contributed by atoms with Crippen molar-refractivity contribution in [2.45, 2.75) is 20.8 Å². The highest BCUT2D eigenvalue weighted by Gasteiger charge is 2.14. The lowest BCUT2D eigenvalue weighted by Gasteiger charge is -2.00. The molecule has 0 saturated carbocycles. The molecule has 0 amide bonds. The van der Waals surface area contributed by atoms with E-state index in [4.69, 9.17) is 8.83 Å². The van der Waals surface area contributed by atoms with Gasteiger partial charge < -0.3 is 8.83 Å². The van der Waals surface area contributed by atoms with E-state index < -0.39 is 5.63 Å². The molecule has 0 aliphatic heterocycles. The molecule has 4 nitrogen and oxygen atoms in total. The molecule has 2 aromatic heterocycles. The van der Waals surface area contributed by atoms with Crippen LogP contribution in [0.3, 0.4) is 0 Å². The van der Waals surface area contributed by atoms with Gasteiger partial charge in [-0.25, -0.2) is 9.78 Å². The topological polar surface area (TPSA) is 56.2 Å². The Morgan fingerprint density at radius 2 is 1.70 bits per heavy atom. The Bertz CT molecular complexity index is 995. The predicted octanol–water partition coefficient (Wildman–Crippen LogP) is 4.94. The van der Waals surface area contributed by atoms with Gasteiger partial charge in [0.15, 0.2) is 5.58 Å². The highest BCUT2D eigenvalue weighted by Crippen LogP contribution is 2.24. The summed E-state index contributed by atoms with van der Waals surface area (Å²) >= 11 is 0. The molecule has 0 aliphatic carbocycles. The summed E-state index contributed by atoms with van der Waals surface area (Å²) in [6.45, 7) is 5.95. The summed E-state index contributed by atoms with van der Waals surface area (Å²) in [6, 6.07) is 14.9. The van der Waals surface area contributed by atoms with Crippen LogP contribution in [0, 0.1) is 6.92 Å². The number of para-hydroxylation sites is 2. The zero-order valence-corrected chi connectivity index (χ0v) is 13.3. The Morgan fingerprint density at radius 3 is 2.48 bits per heavy atom. The van der Waals surface area contributed by atoms with Crippen LogP contribution in [0.15, 0.2) is 62.2 Å². The van der Waals surface area contributed by atoms with Crippen molar-refractivity contribution in [2.24, 2.45) is 0 Å². The van der Waals surface area contributed by atoms with Gasteiger partial charge in [0.25, 0.3) is 0 Å². The van der Waals surface area contributed by atoms with Crippen LogP contribution >= 0.6 is 0 Å². The summed E-state index contributed by atoms with van der Waals surface area (Å²) < 4.78 is 11.0. The summed E-state index contributed by atoms with van der Waals surface area (Å²) in [6.07, 6.45) is 0. The highest BCUT2D eigenvalue weighted by molar-refractivity contribution is 5.82. The molecule has 0 spiro atoms. The summed E-state index contributed by atoms with van der Waals surface area (Å²) in [7, 11) is 0. The first-order valence-electron chi connectivity index (χ1n) is 7.61. The summed E-state index contributed by atoms with van der Waals surface area (Å²) in [4.78, 5) is 16.5. The quantitative estimate of drug-likeness (QED) is 0.468. The zero-order valence-electron chi connectivity index (χ0n) is 13.3.